The lowest BCUT2D eigenvalue weighted by atomic mass is 10.2. The van der Waals surface area contributed by atoms with E-state index in [4.69, 9.17) is 10.5 Å². The van der Waals surface area contributed by atoms with E-state index in [1.807, 2.05) is 6.07 Å². The van der Waals surface area contributed by atoms with Gasteiger partial charge in [-0.25, -0.2) is 4.98 Å². The first kappa shape index (κ1) is 11.9. The first-order valence-electron chi connectivity index (χ1n) is 5.87. The molecule has 1 unspecified atom stereocenters. The molecule has 0 saturated heterocycles. The Hall–Kier alpha value is -1.55. The highest BCUT2D eigenvalue weighted by molar-refractivity contribution is 5.81. The highest BCUT2D eigenvalue weighted by Crippen LogP contribution is 2.26. The van der Waals surface area contributed by atoms with Gasteiger partial charge in [-0.1, -0.05) is 12.1 Å². The number of nitrogen functional groups attached to an aromatic ring is 1. The minimum absolute atomic E-state index is 0.293. The van der Waals surface area contributed by atoms with Gasteiger partial charge in [0.1, 0.15) is 0 Å². The molecule has 17 heavy (non-hydrogen) atoms. The molecule has 2 aromatic rings. The molecule has 1 atom stereocenters. The van der Waals surface area contributed by atoms with Crippen molar-refractivity contribution in [3.05, 3.63) is 23.8 Å². The summed E-state index contributed by atoms with van der Waals surface area (Å²) in [7, 11) is 1.71. The van der Waals surface area contributed by atoms with Crippen molar-refractivity contribution in [2.75, 3.05) is 19.5 Å². The lowest BCUT2D eigenvalue weighted by Crippen LogP contribution is -2.10. The zero-order chi connectivity index (χ0) is 12.4. The summed E-state index contributed by atoms with van der Waals surface area (Å²) in [5, 5.41) is 0. The number of methoxy groups -OCH3 is 1. The Bertz CT molecular complexity index is 519. The standard InChI is InChI=1S/C13H19N3O/c1-9-5-4-6-11-12(9)15-13(14)16(11)10(2)7-8-17-3/h4-6,10H,7-8H2,1-3H3,(H2,14,15). The van der Waals surface area contributed by atoms with Crippen molar-refractivity contribution in [3.8, 4) is 0 Å². The molecule has 0 aliphatic heterocycles. The molecular formula is C13H19N3O. The summed E-state index contributed by atoms with van der Waals surface area (Å²) in [6.45, 7) is 4.92. The third-order valence-corrected chi connectivity index (χ3v) is 3.13. The van der Waals surface area contributed by atoms with E-state index in [1.165, 1.54) is 0 Å². The molecule has 4 heteroatoms. The fourth-order valence-corrected chi connectivity index (χ4v) is 2.16. The average molecular weight is 233 g/mol. The fourth-order valence-electron chi connectivity index (χ4n) is 2.16. The third-order valence-electron chi connectivity index (χ3n) is 3.13. The van der Waals surface area contributed by atoms with Gasteiger partial charge in [-0.15, -0.1) is 0 Å². The number of aromatic nitrogens is 2. The lowest BCUT2D eigenvalue weighted by Gasteiger charge is -2.15. The molecule has 92 valence electrons. The van der Waals surface area contributed by atoms with Crippen LogP contribution in [-0.4, -0.2) is 23.3 Å². The maximum absolute atomic E-state index is 6.01. The number of ether oxygens (including phenoxy) is 1. The van der Waals surface area contributed by atoms with Gasteiger partial charge in [0.15, 0.2) is 0 Å². The molecule has 0 fully saturated rings. The van der Waals surface area contributed by atoms with Gasteiger partial charge < -0.3 is 15.0 Å². The largest absolute Gasteiger partial charge is 0.385 e. The van der Waals surface area contributed by atoms with E-state index < -0.39 is 0 Å². The van der Waals surface area contributed by atoms with Gasteiger partial charge in [-0.3, -0.25) is 0 Å². The first-order chi connectivity index (χ1) is 8.15. The minimum atomic E-state index is 0.293. The topological polar surface area (TPSA) is 53.1 Å². The maximum Gasteiger partial charge on any atom is 0.201 e. The normalized spacial score (nSPS) is 13.1. The second-order valence-electron chi connectivity index (χ2n) is 4.41. The fraction of sp³-hybridized carbons (Fsp3) is 0.462. The highest BCUT2D eigenvalue weighted by atomic mass is 16.5. The molecule has 0 bridgehead atoms. The molecule has 0 spiro atoms. The summed E-state index contributed by atoms with van der Waals surface area (Å²) >= 11 is 0. The molecule has 2 N–H and O–H groups in total. The summed E-state index contributed by atoms with van der Waals surface area (Å²) in [6, 6.07) is 6.45. The Balaban J connectivity index is 2.46. The zero-order valence-electron chi connectivity index (χ0n) is 10.6. The van der Waals surface area contributed by atoms with Crippen molar-refractivity contribution in [2.24, 2.45) is 0 Å². The number of hydrogen-bond donors (Lipinski definition) is 1. The molecule has 4 nitrogen and oxygen atoms in total. The van der Waals surface area contributed by atoms with Crippen LogP contribution in [0.4, 0.5) is 5.95 Å². The van der Waals surface area contributed by atoms with Crippen LogP contribution in [0.3, 0.4) is 0 Å². The molecule has 0 saturated carbocycles. The predicted molar refractivity (Wildman–Crippen MR) is 70.1 cm³/mol. The summed E-state index contributed by atoms with van der Waals surface area (Å²) < 4.78 is 7.20. The molecule has 0 amide bonds. The number of nitrogens with zero attached hydrogens (tertiary/aromatic N) is 2. The van der Waals surface area contributed by atoms with Crippen LogP contribution in [0.15, 0.2) is 18.2 Å². The summed E-state index contributed by atoms with van der Waals surface area (Å²) in [5.41, 5.74) is 9.26. The Morgan fingerprint density at radius 3 is 2.94 bits per heavy atom. The van der Waals surface area contributed by atoms with Crippen molar-refractivity contribution < 1.29 is 4.74 Å². The van der Waals surface area contributed by atoms with E-state index in [-0.39, 0.29) is 0 Å². The number of hydrogen-bond acceptors (Lipinski definition) is 3. The maximum atomic E-state index is 6.01. The van der Waals surface area contributed by atoms with Crippen LogP contribution in [0.25, 0.3) is 11.0 Å². The molecule has 0 aliphatic carbocycles. The Morgan fingerprint density at radius 2 is 2.24 bits per heavy atom. The second-order valence-corrected chi connectivity index (χ2v) is 4.41. The number of fused-ring (bicyclic) bond motifs is 1. The van der Waals surface area contributed by atoms with Crippen molar-refractivity contribution in [1.29, 1.82) is 0 Å². The van der Waals surface area contributed by atoms with Gasteiger partial charge in [-0.2, -0.15) is 0 Å². The minimum Gasteiger partial charge on any atom is -0.385 e. The average Bonchev–Trinajstić information content (AvgIpc) is 2.64. The van der Waals surface area contributed by atoms with Crippen LogP contribution in [-0.2, 0) is 4.74 Å². The van der Waals surface area contributed by atoms with Crippen LogP contribution >= 0.6 is 0 Å². The van der Waals surface area contributed by atoms with Gasteiger partial charge in [0.05, 0.1) is 11.0 Å². The molecule has 1 heterocycles. The lowest BCUT2D eigenvalue weighted by molar-refractivity contribution is 0.182. The van der Waals surface area contributed by atoms with Crippen LogP contribution < -0.4 is 5.73 Å². The predicted octanol–water partition coefficient (Wildman–Crippen LogP) is 2.52. The van der Waals surface area contributed by atoms with Gasteiger partial charge in [-0.05, 0) is 31.9 Å². The smallest absolute Gasteiger partial charge is 0.201 e. The first-order valence-corrected chi connectivity index (χ1v) is 5.87. The number of benzene rings is 1. The Labute approximate surface area is 101 Å². The number of aryl methyl sites for hydroxylation is 1. The van der Waals surface area contributed by atoms with Gasteiger partial charge in [0, 0.05) is 19.8 Å². The van der Waals surface area contributed by atoms with Crippen molar-refractivity contribution in [1.82, 2.24) is 9.55 Å². The number of imidazole rings is 1. The van der Waals surface area contributed by atoms with E-state index in [1.54, 1.807) is 7.11 Å². The molecular weight excluding hydrogens is 214 g/mol. The Kier molecular flexibility index (Phi) is 3.33. The van der Waals surface area contributed by atoms with Crippen LogP contribution in [0.5, 0.6) is 0 Å². The summed E-state index contributed by atoms with van der Waals surface area (Å²) in [4.78, 5) is 4.44. The van der Waals surface area contributed by atoms with E-state index in [9.17, 15) is 0 Å². The molecule has 0 radical (unpaired) electrons. The van der Waals surface area contributed by atoms with Crippen molar-refractivity contribution in [2.45, 2.75) is 26.3 Å². The molecule has 2 rings (SSSR count). The monoisotopic (exact) mass is 233 g/mol. The second kappa shape index (κ2) is 4.75. The van der Waals surface area contributed by atoms with Crippen molar-refractivity contribution >= 4 is 17.0 Å². The van der Waals surface area contributed by atoms with Gasteiger partial charge in [0.2, 0.25) is 5.95 Å². The van der Waals surface area contributed by atoms with Gasteiger partial charge in [0.25, 0.3) is 0 Å². The summed E-state index contributed by atoms with van der Waals surface area (Å²) in [6.07, 6.45) is 0.931. The van der Waals surface area contributed by atoms with Crippen LogP contribution in [0.2, 0.25) is 0 Å². The molecule has 1 aromatic carbocycles. The van der Waals surface area contributed by atoms with E-state index in [2.05, 4.69) is 35.5 Å². The summed E-state index contributed by atoms with van der Waals surface area (Å²) in [5.74, 6) is 0.581. The van der Waals surface area contributed by atoms with E-state index >= 15 is 0 Å². The number of para-hydroxylation sites is 1. The zero-order valence-corrected chi connectivity index (χ0v) is 10.6. The SMILES string of the molecule is COCCC(C)n1c(N)nc2c(C)cccc21. The van der Waals surface area contributed by atoms with Crippen LogP contribution in [0.1, 0.15) is 24.9 Å². The highest BCUT2D eigenvalue weighted by Gasteiger charge is 2.14. The number of anilines is 1. The quantitative estimate of drug-likeness (QED) is 0.882. The van der Waals surface area contributed by atoms with Crippen LogP contribution in [0, 0.1) is 6.92 Å². The van der Waals surface area contributed by atoms with Gasteiger partial charge >= 0.3 is 0 Å². The number of rotatable bonds is 4. The molecule has 1 aromatic heterocycles. The van der Waals surface area contributed by atoms with Crippen molar-refractivity contribution in [3.63, 3.8) is 0 Å². The Morgan fingerprint density at radius 1 is 1.47 bits per heavy atom. The van der Waals surface area contributed by atoms with E-state index in [0.717, 1.165) is 29.6 Å². The van der Waals surface area contributed by atoms with E-state index in [0.29, 0.717) is 12.0 Å². The molecule has 0 aliphatic rings. The number of nitrogens with two attached hydrogens (primary N) is 1. The third kappa shape index (κ3) is 2.13.